The molecule has 4 nitrogen and oxygen atoms in total. The maximum absolute atomic E-state index is 10.1. The summed E-state index contributed by atoms with van der Waals surface area (Å²) in [6.07, 6.45) is 10.5. The fraction of sp³-hybridized carbons (Fsp3) is 0.471. The third-order valence-electron chi connectivity index (χ3n) is 4.32. The van der Waals surface area contributed by atoms with Crippen LogP contribution in [-0.2, 0) is 6.54 Å². The van der Waals surface area contributed by atoms with Crippen LogP contribution in [0.25, 0.3) is 11.1 Å². The van der Waals surface area contributed by atoms with Crippen molar-refractivity contribution >= 4 is 0 Å². The summed E-state index contributed by atoms with van der Waals surface area (Å²) in [4.78, 5) is 0. The lowest BCUT2D eigenvalue weighted by molar-refractivity contribution is 0.308. The van der Waals surface area contributed by atoms with E-state index in [1.54, 1.807) is 13.2 Å². The van der Waals surface area contributed by atoms with Crippen molar-refractivity contribution < 1.29 is 9.84 Å². The Bertz CT molecular complexity index is 601. The predicted molar refractivity (Wildman–Crippen MR) is 82.5 cm³/mol. The van der Waals surface area contributed by atoms with Crippen LogP contribution >= 0.6 is 0 Å². The minimum Gasteiger partial charge on any atom is -0.507 e. The lowest BCUT2D eigenvalue weighted by atomic mass is 9.89. The summed E-state index contributed by atoms with van der Waals surface area (Å²) in [5, 5.41) is 14.5. The SMILES string of the molecule is COc1ccc(-c2cnn(CC3CCCCC3)c2)c(O)c1. The zero-order valence-corrected chi connectivity index (χ0v) is 12.5. The molecule has 1 aromatic heterocycles. The van der Waals surface area contributed by atoms with Crippen molar-refractivity contribution in [3.05, 3.63) is 30.6 Å². The van der Waals surface area contributed by atoms with Crippen LogP contribution in [0.2, 0.25) is 0 Å². The highest BCUT2D eigenvalue weighted by molar-refractivity contribution is 5.69. The van der Waals surface area contributed by atoms with E-state index in [1.165, 1.54) is 32.1 Å². The van der Waals surface area contributed by atoms with Crippen LogP contribution in [-0.4, -0.2) is 22.0 Å². The Labute approximate surface area is 125 Å². The Balaban J connectivity index is 1.75. The maximum atomic E-state index is 10.1. The lowest BCUT2D eigenvalue weighted by Crippen LogP contribution is -2.14. The summed E-state index contributed by atoms with van der Waals surface area (Å²) in [6.45, 7) is 0.983. The number of methoxy groups -OCH3 is 1. The Morgan fingerprint density at radius 2 is 2.10 bits per heavy atom. The van der Waals surface area contributed by atoms with Gasteiger partial charge in [0.25, 0.3) is 0 Å². The van der Waals surface area contributed by atoms with E-state index in [2.05, 4.69) is 5.10 Å². The number of nitrogens with zero attached hydrogens (tertiary/aromatic N) is 2. The molecule has 0 radical (unpaired) electrons. The molecule has 1 N–H and O–H groups in total. The summed E-state index contributed by atoms with van der Waals surface area (Å²) in [5.74, 6) is 1.63. The van der Waals surface area contributed by atoms with E-state index in [1.807, 2.05) is 29.2 Å². The van der Waals surface area contributed by atoms with E-state index in [9.17, 15) is 5.11 Å². The topological polar surface area (TPSA) is 47.3 Å². The van der Waals surface area contributed by atoms with Gasteiger partial charge in [-0.05, 0) is 30.9 Å². The normalized spacial score (nSPS) is 16.0. The molecule has 112 valence electrons. The summed E-state index contributed by atoms with van der Waals surface area (Å²) in [6, 6.07) is 5.36. The molecule has 21 heavy (non-hydrogen) atoms. The Hall–Kier alpha value is -1.97. The van der Waals surface area contributed by atoms with Crippen LogP contribution in [0.1, 0.15) is 32.1 Å². The number of phenols is 1. The van der Waals surface area contributed by atoms with Gasteiger partial charge in [0, 0.05) is 29.9 Å². The average Bonchev–Trinajstić information content (AvgIpc) is 2.96. The van der Waals surface area contributed by atoms with Gasteiger partial charge in [-0.25, -0.2) is 0 Å². The van der Waals surface area contributed by atoms with Crippen LogP contribution in [0.5, 0.6) is 11.5 Å². The van der Waals surface area contributed by atoms with Gasteiger partial charge in [0.05, 0.1) is 13.3 Å². The number of ether oxygens (including phenoxy) is 1. The molecule has 3 rings (SSSR count). The second-order valence-corrected chi connectivity index (χ2v) is 5.84. The van der Waals surface area contributed by atoms with E-state index >= 15 is 0 Å². The van der Waals surface area contributed by atoms with Crippen molar-refractivity contribution in [1.82, 2.24) is 9.78 Å². The summed E-state index contributed by atoms with van der Waals surface area (Å²) in [5.41, 5.74) is 1.75. The van der Waals surface area contributed by atoms with Crippen molar-refractivity contribution in [2.24, 2.45) is 5.92 Å². The molecular weight excluding hydrogens is 264 g/mol. The highest BCUT2D eigenvalue weighted by Crippen LogP contribution is 2.32. The first-order valence-corrected chi connectivity index (χ1v) is 7.66. The molecule has 1 aromatic carbocycles. The molecule has 4 heteroatoms. The average molecular weight is 286 g/mol. The van der Waals surface area contributed by atoms with Gasteiger partial charge in [-0.1, -0.05) is 19.3 Å². The molecule has 1 saturated carbocycles. The van der Waals surface area contributed by atoms with Crippen molar-refractivity contribution in [3.8, 4) is 22.6 Å². The molecule has 1 fully saturated rings. The van der Waals surface area contributed by atoms with E-state index in [4.69, 9.17) is 4.74 Å². The fourth-order valence-electron chi connectivity index (χ4n) is 3.12. The molecule has 0 amide bonds. The number of benzene rings is 1. The number of hydrogen-bond acceptors (Lipinski definition) is 3. The van der Waals surface area contributed by atoms with E-state index in [0.29, 0.717) is 5.75 Å². The molecule has 1 aliphatic carbocycles. The molecule has 1 aliphatic rings. The second-order valence-electron chi connectivity index (χ2n) is 5.84. The van der Waals surface area contributed by atoms with Crippen molar-refractivity contribution in [2.75, 3.05) is 7.11 Å². The second kappa shape index (κ2) is 6.20. The van der Waals surface area contributed by atoms with Crippen LogP contribution in [0.4, 0.5) is 0 Å². The molecule has 0 unspecified atom stereocenters. The Kier molecular flexibility index (Phi) is 4.13. The lowest BCUT2D eigenvalue weighted by Gasteiger charge is -2.21. The van der Waals surface area contributed by atoms with E-state index < -0.39 is 0 Å². The maximum Gasteiger partial charge on any atom is 0.127 e. The quantitative estimate of drug-likeness (QED) is 0.928. The molecule has 0 saturated heterocycles. The third kappa shape index (κ3) is 3.20. The zero-order valence-electron chi connectivity index (χ0n) is 12.5. The first-order valence-electron chi connectivity index (χ1n) is 7.66. The number of rotatable bonds is 4. The number of hydrogen-bond donors (Lipinski definition) is 1. The third-order valence-corrected chi connectivity index (χ3v) is 4.32. The monoisotopic (exact) mass is 286 g/mol. The molecule has 1 heterocycles. The molecule has 0 bridgehead atoms. The van der Waals surface area contributed by atoms with Crippen molar-refractivity contribution in [2.45, 2.75) is 38.6 Å². The van der Waals surface area contributed by atoms with Gasteiger partial charge in [-0.2, -0.15) is 5.10 Å². The van der Waals surface area contributed by atoms with Crippen LogP contribution in [0.15, 0.2) is 30.6 Å². The minimum atomic E-state index is 0.228. The highest BCUT2D eigenvalue weighted by Gasteiger charge is 2.15. The van der Waals surface area contributed by atoms with E-state index in [0.717, 1.165) is 23.6 Å². The Morgan fingerprint density at radius 3 is 2.81 bits per heavy atom. The van der Waals surface area contributed by atoms with Crippen molar-refractivity contribution in [1.29, 1.82) is 0 Å². The minimum absolute atomic E-state index is 0.228. The fourth-order valence-corrected chi connectivity index (χ4v) is 3.12. The van der Waals surface area contributed by atoms with Gasteiger partial charge in [-0.3, -0.25) is 4.68 Å². The summed E-state index contributed by atoms with van der Waals surface area (Å²) >= 11 is 0. The largest absolute Gasteiger partial charge is 0.507 e. The summed E-state index contributed by atoms with van der Waals surface area (Å²) < 4.78 is 7.12. The predicted octanol–water partition coefficient (Wildman–Crippen LogP) is 3.84. The molecule has 0 atom stereocenters. The number of aromatic hydroxyl groups is 1. The van der Waals surface area contributed by atoms with Crippen LogP contribution < -0.4 is 4.74 Å². The van der Waals surface area contributed by atoms with Gasteiger partial charge in [-0.15, -0.1) is 0 Å². The standard InChI is InChI=1S/C17H22N2O2/c1-21-15-7-8-16(17(20)9-15)14-10-18-19(12-14)11-13-5-3-2-4-6-13/h7-10,12-13,20H,2-6,11H2,1H3. The summed E-state index contributed by atoms with van der Waals surface area (Å²) in [7, 11) is 1.59. The van der Waals surface area contributed by atoms with Crippen LogP contribution in [0, 0.1) is 5.92 Å². The molecule has 0 aliphatic heterocycles. The van der Waals surface area contributed by atoms with Crippen molar-refractivity contribution in [3.63, 3.8) is 0 Å². The number of phenolic OH excluding ortho intramolecular Hbond substituents is 1. The van der Waals surface area contributed by atoms with E-state index in [-0.39, 0.29) is 5.75 Å². The van der Waals surface area contributed by atoms with Gasteiger partial charge in [0.2, 0.25) is 0 Å². The van der Waals surface area contributed by atoms with Gasteiger partial charge >= 0.3 is 0 Å². The number of aromatic nitrogens is 2. The molecular formula is C17H22N2O2. The molecule has 2 aromatic rings. The van der Waals surface area contributed by atoms with Crippen LogP contribution in [0.3, 0.4) is 0 Å². The van der Waals surface area contributed by atoms with Gasteiger partial charge in [0.1, 0.15) is 11.5 Å². The Morgan fingerprint density at radius 1 is 1.29 bits per heavy atom. The van der Waals surface area contributed by atoms with Gasteiger partial charge < -0.3 is 9.84 Å². The molecule has 0 spiro atoms. The van der Waals surface area contributed by atoms with Gasteiger partial charge in [0.15, 0.2) is 0 Å². The zero-order chi connectivity index (χ0) is 14.7. The first-order chi connectivity index (χ1) is 10.3. The highest BCUT2D eigenvalue weighted by atomic mass is 16.5. The smallest absolute Gasteiger partial charge is 0.127 e. The first kappa shape index (κ1) is 14.0.